The number of sulfonamides is 1. The molecule has 5 rings (SSSR count). The highest BCUT2D eigenvalue weighted by molar-refractivity contribution is 7.92. The summed E-state index contributed by atoms with van der Waals surface area (Å²) in [6.45, 7) is 4.57. The van der Waals surface area contributed by atoms with Gasteiger partial charge in [0.1, 0.15) is 6.54 Å². The van der Waals surface area contributed by atoms with Gasteiger partial charge in [0.05, 0.1) is 36.1 Å². The minimum atomic E-state index is -4.22. The number of hydrogen-bond donors (Lipinski definition) is 0. The minimum absolute atomic E-state index is 0.129. The van der Waals surface area contributed by atoms with Crippen molar-refractivity contribution in [1.82, 2.24) is 10.2 Å². The average Bonchev–Trinajstić information content (AvgIpc) is 2.99. The van der Waals surface area contributed by atoms with E-state index in [1.807, 2.05) is 37.3 Å². The van der Waals surface area contributed by atoms with Crippen molar-refractivity contribution in [2.45, 2.75) is 24.7 Å². The molecule has 0 unspecified atom stereocenters. The number of hydrogen-bond acceptors (Lipinski definition) is 8. The summed E-state index contributed by atoms with van der Waals surface area (Å²) in [6, 6.07) is 18.9. The molecular formula is C30H30Cl2N4O5S. The topological polar surface area (TPSA) is 102 Å². The molecule has 9 nitrogen and oxygen atoms in total. The van der Waals surface area contributed by atoms with Crippen LogP contribution in [0.5, 0.6) is 0 Å². The summed E-state index contributed by atoms with van der Waals surface area (Å²) in [4.78, 5) is 14.7. The van der Waals surface area contributed by atoms with Gasteiger partial charge in [0.2, 0.25) is 0 Å². The molecule has 0 saturated carbocycles. The van der Waals surface area contributed by atoms with Gasteiger partial charge in [-0.3, -0.25) is 9.10 Å². The van der Waals surface area contributed by atoms with Gasteiger partial charge in [0.25, 0.3) is 10.0 Å². The maximum Gasteiger partial charge on any atom is 0.326 e. The first kappa shape index (κ1) is 30.0. The first-order valence-electron chi connectivity index (χ1n) is 13.6. The Morgan fingerprint density at radius 3 is 2.36 bits per heavy atom. The lowest BCUT2D eigenvalue weighted by atomic mass is 10.0. The molecule has 1 aliphatic rings. The van der Waals surface area contributed by atoms with Crippen LogP contribution in [0.4, 0.5) is 11.5 Å². The monoisotopic (exact) mass is 628 g/mol. The van der Waals surface area contributed by atoms with Crippen molar-refractivity contribution >= 4 is 61.5 Å². The summed E-state index contributed by atoms with van der Waals surface area (Å²) in [5.74, 6) is 0.151. The molecule has 0 bridgehead atoms. The standard InChI is InChI=1S/C30H30Cl2N4O5S/c1-2-3-12-41-30(37)20-36(42(38,39)27-18-24(31)17-25(32)19-27)26-7-6-21-15-23(5-4-22(21)16-26)28-8-9-29(34-33-28)35-10-13-40-14-11-35/h4-9,15-19H,2-3,10-14,20H2,1H3. The van der Waals surface area contributed by atoms with E-state index in [0.29, 0.717) is 25.3 Å². The van der Waals surface area contributed by atoms with Crippen LogP contribution in [0.1, 0.15) is 19.8 Å². The lowest BCUT2D eigenvalue weighted by molar-refractivity contribution is -0.141. The van der Waals surface area contributed by atoms with Gasteiger partial charge in [-0.1, -0.05) is 54.7 Å². The quantitative estimate of drug-likeness (QED) is 0.156. The summed E-state index contributed by atoms with van der Waals surface area (Å²) < 4.78 is 39.3. The fraction of sp³-hybridized carbons (Fsp3) is 0.300. The van der Waals surface area contributed by atoms with Crippen molar-refractivity contribution in [3.05, 3.63) is 76.8 Å². The summed E-state index contributed by atoms with van der Waals surface area (Å²) in [7, 11) is -4.22. The Morgan fingerprint density at radius 1 is 0.952 bits per heavy atom. The molecule has 2 heterocycles. The van der Waals surface area contributed by atoms with Gasteiger partial charge in [-0.2, -0.15) is 0 Å². The number of anilines is 2. The number of rotatable bonds is 10. The summed E-state index contributed by atoms with van der Waals surface area (Å²) in [5.41, 5.74) is 1.89. The fourth-order valence-corrected chi connectivity index (χ4v) is 6.73. The number of fused-ring (bicyclic) bond motifs is 1. The zero-order valence-corrected chi connectivity index (χ0v) is 25.3. The third kappa shape index (κ3) is 6.95. The van der Waals surface area contributed by atoms with Gasteiger partial charge in [-0.25, -0.2) is 8.42 Å². The maximum absolute atomic E-state index is 13.8. The van der Waals surface area contributed by atoms with E-state index in [9.17, 15) is 13.2 Å². The first-order chi connectivity index (χ1) is 20.2. The normalized spacial score (nSPS) is 13.7. The van der Waals surface area contributed by atoms with E-state index in [1.54, 1.807) is 18.2 Å². The highest BCUT2D eigenvalue weighted by Gasteiger charge is 2.29. The van der Waals surface area contributed by atoms with E-state index in [1.165, 1.54) is 18.2 Å². The Hall–Kier alpha value is -3.44. The Labute approximate surface area is 255 Å². The summed E-state index contributed by atoms with van der Waals surface area (Å²) in [6.07, 6.45) is 1.52. The van der Waals surface area contributed by atoms with Crippen LogP contribution >= 0.6 is 23.2 Å². The number of aromatic nitrogens is 2. The largest absolute Gasteiger partial charge is 0.464 e. The van der Waals surface area contributed by atoms with Crippen LogP contribution in [-0.2, 0) is 24.3 Å². The predicted molar refractivity (Wildman–Crippen MR) is 165 cm³/mol. The van der Waals surface area contributed by atoms with Crippen LogP contribution in [-0.4, -0.2) is 64.0 Å². The molecular weight excluding hydrogens is 599 g/mol. The number of nitrogens with zero attached hydrogens (tertiary/aromatic N) is 4. The maximum atomic E-state index is 13.8. The van der Waals surface area contributed by atoms with Crippen molar-refractivity contribution < 1.29 is 22.7 Å². The van der Waals surface area contributed by atoms with Crippen molar-refractivity contribution in [2.75, 3.05) is 48.7 Å². The Kier molecular flexibility index (Phi) is 9.47. The van der Waals surface area contributed by atoms with Gasteiger partial charge >= 0.3 is 5.97 Å². The van der Waals surface area contributed by atoms with Gasteiger partial charge in [-0.15, -0.1) is 10.2 Å². The van der Waals surface area contributed by atoms with Crippen molar-refractivity contribution in [1.29, 1.82) is 0 Å². The van der Waals surface area contributed by atoms with Crippen LogP contribution in [0.2, 0.25) is 10.0 Å². The summed E-state index contributed by atoms with van der Waals surface area (Å²) in [5, 5.41) is 10.8. The molecule has 0 N–H and O–H groups in total. The van der Waals surface area contributed by atoms with Gasteiger partial charge in [0, 0.05) is 28.7 Å². The molecule has 0 atom stereocenters. The molecule has 1 aliphatic heterocycles. The van der Waals surface area contributed by atoms with Crippen LogP contribution < -0.4 is 9.21 Å². The molecule has 0 aliphatic carbocycles. The first-order valence-corrected chi connectivity index (χ1v) is 15.8. The van der Waals surface area contributed by atoms with Crippen LogP contribution in [0.15, 0.2) is 71.6 Å². The molecule has 0 spiro atoms. The SMILES string of the molecule is CCCCOC(=O)CN(c1ccc2cc(-c3ccc(N4CCOCC4)nn3)ccc2c1)S(=O)(=O)c1cc(Cl)cc(Cl)c1. The van der Waals surface area contributed by atoms with Crippen molar-refractivity contribution in [3.8, 4) is 11.3 Å². The van der Waals surface area contributed by atoms with Gasteiger partial charge < -0.3 is 14.4 Å². The summed E-state index contributed by atoms with van der Waals surface area (Å²) >= 11 is 12.2. The highest BCUT2D eigenvalue weighted by Crippen LogP contribution is 2.32. The molecule has 220 valence electrons. The van der Waals surface area contributed by atoms with Gasteiger partial charge in [-0.05, 0) is 65.7 Å². The molecule has 42 heavy (non-hydrogen) atoms. The van der Waals surface area contributed by atoms with E-state index in [4.69, 9.17) is 32.7 Å². The number of carbonyl (C=O) groups excluding carboxylic acids is 1. The average molecular weight is 630 g/mol. The second-order valence-corrected chi connectivity index (χ2v) is 12.5. The molecule has 1 fully saturated rings. The molecule has 1 aromatic heterocycles. The van der Waals surface area contributed by atoms with E-state index in [-0.39, 0.29) is 21.5 Å². The van der Waals surface area contributed by atoms with E-state index < -0.39 is 22.5 Å². The molecule has 12 heteroatoms. The Morgan fingerprint density at radius 2 is 1.67 bits per heavy atom. The van der Waals surface area contributed by atoms with Crippen LogP contribution in [0, 0.1) is 0 Å². The fourth-order valence-electron chi connectivity index (χ4n) is 4.60. The number of esters is 1. The highest BCUT2D eigenvalue weighted by atomic mass is 35.5. The lowest BCUT2D eigenvalue weighted by Gasteiger charge is -2.27. The smallest absolute Gasteiger partial charge is 0.326 e. The Bertz CT molecular complexity index is 1660. The molecule has 3 aromatic carbocycles. The number of unbranched alkanes of at least 4 members (excludes halogenated alkanes) is 1. The number of morpholine rings is 1. The van der Waals surface area contributed by atoms with Crippen molar-refractivity contribution in [2.24, 2.45) is 0 Å². The molecule has 0 amide bonds. The minimum Gasteiger partial charge on any atom is -0.464 e. The second-order valence-electron chi connectivity index (χ2n) is 9.81. The zero-order chi connectivity index (χ0) is 29.7. The van der Waals surface area contributed by atoms with Crippen LogP contribution in [0.25, 0.3) is 22.0 Å². The van der Waals surface area contributed by atoms with Gasteiger partial charge in [0.15, 0.2) is 5.82 Å². The zero-order valence-electron chi connectivity index (χ0n) is 23.0. The van der Waals surface area contributed by atoms with Crippen LogP contribution in [0.3, 0.4) is 0 Å². The number of benzene rings is 3. The number of carbonyl (C=O) groups is 1. The number of ether oxygens (including phenoxy) is 2. The molecule has 4 aromatic rings. The van der Waals surface area contributed by atoms with E-state index >= 15 is 0 Å². The predicted octanol–water partition coefficient (Wildman–Crippen LogP) is 5.98. The Balaban J connectivity index is 1.45. The lowest BCUT2D eigenvalue weighted by Crippen LogP contribution is -2.36. The van der Waals surface area contributed by atoms with E-state index in [2.05, 4.69) is 15.1 Å². The van der Waals surface area contributed by atoms with Crippen molar-refractivity contribution in [3.63, 3.8) is 0 Å². The third-order valence-electron chi connectivity index (χ3n) is 6.85. The molecule has 0 radical (unpaired) electrons. The second kappa shape index (κ2) is 13.2. The number of halogens is 2. The molecule has 1 saturated heterocycles. The van der Waals surface area contributed by atoms with E-state index in [0.717, 1.165) is 51.7 Å². The third-order valence-corrected chi connectivity index (χ3v) is 9.04.